The van der Waals surface area contributed by atoms with Crippen molar-refractivity contribution in [3.05, 3.63) is 58.1 Å². The smallest absolute Gasteiger partial charge is 0.251 e. The largest absolute Gasteiger partial charge is 0.357 e. The Labute approximate surface area is 113 Å². The van der Waals surface area contributed by atoms with Gasteiger partial charge in [-0.25, -0.2) is 4.39 Å². The van der Waals surface area contributed by atoms with Crippen LogP contribution in [0.2, 0.25) is 0 Å². The summed E-state index contributed by atoms with van der Waals surface area (Å²) in [6.45, 7) is 0.453. The van der Waals surface area contributed by atoms with Crippen LogP contribution < -0.4 is 5.32 Å². The molecule has 94 valence electrons. The average Bonchev–Trinajstić information content (AvgIpc) is 2.75. The molecule has 0 unspecified atom stereocenters. The molecule has 1 amide bonds. The fourth-order valence-electron chi connectivity index (χ4n) is 1.59. The number of hydrogen-bond acceptors (Lipinski definition) is 1. The molecule has 2 rings (SSSR count). The van der Waals surface area contributed by atoms with E-state index in [1.165, 1.54) is 18.2 Å². The first kappa shape index (κ1) is 12.8. The molecule has 18 heavy (non-hydrogen) atoms. The number of rotatable bonds is 3. The zero-order valence-electron chi connectivity index (χ0n) is 9.78. The zero-order valence-corrected chi connectivity index (χ0v) is 11.4. The lowest BCUT2D eigenvalue weighted by atomic mass is 10.2. The second-order valence-electron chi connectivity index (χ2n) is 4.00. The maximum absolute atomic E-state index is 13.0. The highest BCUT2D eigenvalue weighted by Crippen LogP contribution is 2.16. The second-order valence-corrected chi connectivity index (χ2v) is 4.85. The molecule has 3 nitrogen and oxygen atoms in total. The van der Waals surface area contributed by atoms with Gasteiger partial charge in [0, 0.05) is 31.5 Å². The molecule has 1 N–H and O–H groups in total. The lowest BCUT2D eigenvalue weighted by Gasteiger charge is -2.04. The highest BCUT2D eigenvalue weighted by molar-refractivity contribution is 9.10. The van der Waals surface area contributed by atoms with E-state index in [2.05, 4.69) is 21.2 Å². The van der Waals surface area contributed by atoms with E-state index in [0.29, 0.717) is 12.1 Å². The number of nitrogens with one attached hydrogen (secondary N) is 1. The molecular formula is C13H12BrFN2O. The third-order valence-corrected chi connectivity index (χ3v) is 3.14. The first-order valence-electron chi connectivity index (χ1n) is 5.40. The van der Waals surface area contributed by atoms with Crippen molar-refractivity contribution < 1.29 is 9.18 Å². The predicted octanol–water partition coefficient (Wildman–Crippen LogP) is 2.86. The van der Waals surface area contributed by atoms with Gasteiger partial charge in [-0.15, -0.1) is 0 Å². The van der Waals surface area contributed by atoms with Crippen LogP contribution in [-0.4, -0.2) is 10.5 Å². The SMILES string of the molecule is Cn1ccc(CNC(=O)c2ccc(F)c(Br)c2)c1. The molecule has 0 aliphatic heterocycles. The fourth-order valence-corrected chi connectivity index (χ4v) is 1.97. The van der Waals surface area contributed by atoms with Gasteiger partial charge in [-0.05, 0) is 45.8 Å². The van der Waals surface area contributed by atoms with Gasteiger partial charge in [0.1, 0.15) is 5.82 Å². The van der Waals surface area contributed by atoms with E-state index in [-0.39, 0.29) is 16.2 Å². The molecule has 1 aromatic carbocycles. The molecule has 0 bridgehead atoms. The van der Waals surface area contributed by atoms with Crippen LogP contribution in [0.5, 0.6) is 0 Å². The average molecular weight is 311 g/mol. The number of amides is 1. The minimum absolute atomic E-state index is 0.223. The number of nitrogens with zero attached hydrogens (tertiary/aromatic N) is 1. The Morgan fingerprint density at radius 2 is 2.22 bits per heavy atom. The summed E-state index contributed by atoms with van der Waals surface area (Å²) in [5.74, 6) is -0.603. The van der Waals surface area contributed by atoms with Gasteiger partial charge in [-0.1, -0.05) is 0 Å². The Kier molecular flexibility index (Phi) is 3.81. The summed E-state index contributed by atoms with van der Waals surface area (Å²) in [6, 6.07) is 6.12. The van der Waals surface area contributed by atoms with Gasteiger partial charge in [0.05, 0.1) is 4.47 Å². The second kappa shape index (κ2) is 5.35. The highest BCUT2D eigenvalue weighted by Gasteiger charge is 2.08. The number of hydrogen-bond donors (Lipinski definition) is 1. The monoisotopic (exact) mass is 310 g/mol. The van der Waals surface area contributed by atoms with Crippen molar-refractivity contribution in [2.75, 3.05) is 0 Å². The van der Waals surface area contributed by atoms with Gasteiger partial charge in [0.2, 0.25) is 0 Å². The van der Waals surface area contributed by atoms with E-state index < -0.39 is 0 Å². The topological polar surface area (TPSA) is 34.0 Å². The van der Waals surface area contributed by atoms with Gasteiger partial charge < -0.3 is 9.88 Å². The molecule has 1 heterocycles. The van der Waals surface area contributed by atoms with Crippen LogP contribution in [0.15, 0.2) is 41.1 Å². The molecule has 0 saturated carbocycles. The van der Waals surface area contributed by atoms with Crippen molar-refractivity contribution in [1.82, 2.24) is 9.88 Å². The van der Waals surface area contributed by atoms with E-state index in [0.717, 1.165) is 5.56 Å². The summed E-state index contributed by atoms with van der Waals surface area (Å²) < 4.78 is 15.2. The van der Waals surface area contributed by atoms with E-state index >= 15 is 0 Å². The molecule has 0 spiro atoms. The van der Waals surface area contributed by atoms with Gasteiger partial charge in [0.25, 0.3) is 5.91 Å². The van der Waals surface area contributed by atoms with E-state index in [1.807, 2.05) is 30.1 Å². The van der Waals surface area contributed by atoms with Crippen LogP contribution in [-0.2, 0) is 13.6 Å². The maximum Gasteiger partial charge on any atom is 0.251 e. The Balaban J connectivity index is 2.01. The Hall–Kier alpha value is -1.62. The van der Waals surface area contributed by atoms with Crippen molar-refractivity contribution in [2.45, 2.75) is 6.54 Å². The Morgan fingerprint density at radius 3 is 2.83 bits per heavy atom. The zero-order chi connectivity index (χ0) is 13.1. The Bertz CT molecular complexity index is 580. The van der Waals surface area contributed by atoms with Gasteiger partial charge in [-0.2, -0.15) is 0 Å². The molecule has 1 aromatic heterocycles. The molecular weight excluding hydrogens is 299 g/mol. The lowest BCUT2D eigenvalue weighted by Crippen LogP contribution is -2.22. The lowest BCUT2D eigenvalue weighted by molar-refractivity contribution is 0.0951. The summed E-state index contributed by atoms with van der Waals surface area (Å²) >= 11 is 3.06. The van der Waals surface area contributed by atoms with E-state index in [1.54, 1.807) is 0 Å². The normalized spacial score (nSPS) is 10.4. The van der Waals surface area contributed by atoms with Gasteiger partial charge in [0.15, 0.2) is 0 Å². The molecule has 0 aliphatic rings. The summed E-state index contributed by atoms with van der Waals surface area (Å²) in [4.78, 5) is 11.8. The van der Waals surface area contributed by atoms with Crippen LogP contribution in [0.25, 0.3) is 0 Å². The predicted molar refractivity (Wildman–Crippen MR) is 70.7 cm³/mol. The summed E-state index contributed by atoms with van der Waals surface area (Å²) in [6.07, 6.45) is 3.84. The number of carbonyl (C=O) groups is 1. The first-order chi connectivity index (χ1) is 8.56. The minimum atomic E-state index is -0.380. The molecule has 0 saturated heterocycles. The van der Waals surface area contributed by atoms with Crippen molar-refractivity contribution in [3.63, 3.8) is 0 Å². The minimum Gasteiger partial charge on any atom is -0.357 e. The summed E-state index contributed by atoms with van der Waals surface area (Å²) in [5.41, 5.74) is 1.45. The van der Waals surface area contributed by atoms with E-state index in [4.69, 9.17) is 0 Å². The standard InChI is InChI=1S/C13H12BrFN2O/c1-17-5-4-9(8-17)7-16-13(18)10-2-3-12(15)11(14)6-10/h2-6,8H,7H2,1H3,(H,16,18). The molecule has 0 aliphatic carbocycles. The van der Waals surface area contributed by atoms with Crippen LogP contribution >= 0.6 is 15.9 Å². The van der Waals surface area contributed by atoms with Crippen molar-refractivity contribution in [2.24, 2.45) is 7.05 Å². The Morgan fingerprint density at radius 1 is 1.44 bits per heavy atom. The highest BCUT2D eigenvalue weighted by atomic mass is 79.9. The third-order valence-electron chi connectivity index (χ3n) is 2.53. The number of aryl methyl sites for hydroxylation is 1. The summed E-state index contributed by atoms with van der Waals surface area (Å²) in [5, 5.41) is 2.78. The van der Waals surface area contributed by atoms with Crippen LogP contribution in [0.1, 0.15) is 15.9 Å². The van der Waals surface area contributed by atoms with E-state index in [9.17, 15) is 9.18 Å². The molecule has 0 atom stereocenters. The molecule has 5 heteroatoms. The van der Waals surface area contributed by atoms with Crippen molar-refractivity contribution in [1.29, 1.82) is 0 Å². The number of aromatic nitrogens is 1. The first-order valence-corrected chi connectivity index (χ1v) is 6.19. The van der Waals surface area contributed by atoms with Crippen LogP contribution in [0, 0.1) is 5.82 Å². The number of halogens is 2. The van der Waals surface area contributed by atoms with Crippen molar-refractivity contribution in [3.8, 4) is 0 Å². The van der Waals surface area contributed by atoms with Gasteiger partial charge >= 0.3 is 0 Å². The number of carbonyl (C=O) groups excluding carboxylic acids is 1. The van der Waals surface area contributed by atoms with Crippen LogP contribution in [0.3, 0.4) is 0 Å². The van der Waals surface area contributed by atoms with Crippen LogP contribution in [0.4, 0.5) is 4.39 Å². The molecule has 0 radical (unpaired) electrons. The molecule has 0 fully saturated rings. The fraction of sp³-hybridized carbons (Fsp3) is 0.154. The third kappa shape index (κ3) is 2.98. The van der Waals surface area contributed by atoms with Gasteiger partial charge in [-0.3, -0.25) is 4.79 Å². The number of benzene rings is 1. The quantitative estimate of drug-likeness (QED) is 0.929. The van der Waals surface area contributed by atoms with Crippen molar-refractivity contribution >= 4 is 21.8 Å². The maximum atomic E-state index is 13.0. The molecule has 2 aromatic rings. The summed E-state index contributed by atoms with van der Waals surface area (Å²) in [7, 11) is 1.92.